The minimum atomic E-state index is -0.417. The van der Waals surface area contributed by atoms with Crippen molar-refractivity contribution in [3.8, 4) is 0 Å². The van der Waals surface area contributed by atoms with Crippen molar-refractivity contribution in [1.82, 2.24) is 20.0 Å². The van der Waals surface area contributed by atoms with Gasteiger partial charge in [0.2, 0.25) is 24.1 Å². The highest BCUT2D eigenvalue weighted by Gasteiger charge is 2.37. The standard InChI is InChI=1S/C21H32N4O4/c1-15(2)18(23(4)19(27)13-22-14-26)12-16(3)20(28)25-11-7-8-17(25)21(29)24-9-5-6-10-24/h5-6,12,14-15,17-18H,7-11,13H2,1-4H3,(H,22,26)/b16-12+/t17-,18+/m0/s1. The number of carbonyl (C=O) groups excluding carboxylic acids is 4. The Morgan fingerprint density at radius 2 is 1.90 bits per heavy atom. The second kappa shape index (κ2) is 10.2. The summed E-state index contributed by atoms with van der Waals surface area (Å²) in [5.41, 5.74) is 0.519. The first-order valence-electron chi connectivity index (χ1n) is 10.1. The number of nitrogens with one attached hydrogen (secondary N) is 1. The van der Waals surface area contributed by atoms with E-state index < -0.39 is 6.04 Å². The van der Waals surface area contributed by atoms with Crippen LogP contribution in [0.15, 0.2) is 23.8 Å². The van der Waals surface area contributed by atoms with Gasteiger partial charge >= 0.3 is 0 Å². The summed E-state index contributed by atoms with van der Waals surface area (Å²) < 4.78 is 0. The van der Waals surface area contributed by atoms with E-state index in [-0.39, 0.29) is 36.2 Å². The van der Waals surface area contributed by atoms with Gasteiger partial charge in [0, 0.05) is 32.3 Å². The number of hydrogen-bond acceptors (Lipinski definition) is 4. The fourth-order valence-corrected chi connectivity index (χ4v) is 3.86. The van der Waals surface area contributed by atoms with Crippen LogP contribution in [0, 0.1) is 5.92 Å². The maximum atomic E-state index is 13.1. The first-order chi connectivity index (χ1) is 13.8. The molecule has 2 aliphatic heterocycles. The smallest absolute Gasteiger partial charge is 0.249 e. The Bertz CT molecular complexity index is 693. The van der Waals surface area contributed by atoms with E-state index in [0.717, 1.165) is 6.42 Å². The number of amides is 4. The highest BCUT2D eigenvalue weighted by molar-refractivity contribution is 5.97. The van der Waals surface area contributed by atoms with Crippen molar-refractivity contribution < 1.29 is 19.2 Å². The molecule has 1 N–H and O–H groups in total. The summed E-state index contributed by atoms with van der Waals surface area (Å²) in [6.07, 6.45) is 7.69. The molecule has 2 heterocycles. The van der Waals surface area contributed by atoms with Crippen LogP contribution in [0.5, 0.6) is 0 Å². The molecule has 0 bridgehead atoms. The van der Waals surface area contributed by atoms with Crippen LogP contribution in [0.4, 0.5) is 0 Å². The Morgan fingerprint density at radius 3 is 2.48 bits per heavy atom. The molecule has 8 nitrogen and oxygen atoms in total. The van der Waals surface area contributed by atoms with Gasteiger partial charge in [0.25, 0.3) is 0 Å². The zero-order valence-corrected chi connectivity index (χ0v) is 17.8. The third-order valence-corrected chi connectivity index (χ3v) is 5.55. The molecule has 2 atom stereocenters. The van der Waals surface area contributed by atoms with Crippen LogP contribution in [0.3, 0.4) is 0 Å². The van der Waals surface area contributed by atoms with Gasteiger partial charge in [-0.3, -0.25) is 19.2 Å². The SMILES string of the molecule is C/C(=C\[C@H](C(C)C)N(C)C(=O)CNC=O)C(=O)N1CCC[C@H]1C(=O)N1CC=CC1. The first-order valence-corrected chi connectivity index (χ1v) is 10.1. The number of nitrogens with zero attached hydrogens (tertiary/aromatic N) is 3. The molecule has 0 aromatic rings. The molecule has 0 aromatic carbocycles. The maximum Gasteiger partial charge on any atom is 0.249 e. The lowest BCUT2D eigenvalue weighted by Gasteiger charge is -2.31. The summed E-state index contributed by atoms with van der Waals surface area (Å²) in [7, 11) is 1.66. The topological polar surface area (TPSA) is 90.0 Å². The Hall–Kier alpha value is -2.64. The highest BCUT2D eigenvalue weighted by atomic mass is 16.2. The fraction of sp³-hybridized carbons (Fsp3) is 0.619. The third kappa shape index (κ3) is 5.46. The second-order valence-corrected chi connectivity index (χ2v) is 7.96. The van der Waals surface area contributed by atoms with Gasteiger partial charge in [-0.25, -0.2) is 0 Å². The Kier molecular flexibility index (Phi) is 7.99. The van der Waals surface area contributed by atoms with E-state index in [1.54, 1.807) is 34.7 Å². The Balaban J connectivity index is 2.12. The van der Waals surface area contributed by atoms with E-state index in [9.17, 15) is 19.2 Å². The molecule has 160 valence electrons. The van der Waals surface area contributed by atoms with Crippen LogP contribution in [0.2, 0.25) is 0 Å². The summed E-state index contributed by atoms with van der Waals surface area (Å²) in [6, 6.07) is -0.709. The second-order valence-electron chi connectivity index (χ2n) is 7.96. The zero-order valence-electron chi connectivity index (χ0n) is 17.8. The zero-order chi connectivity index (χ0) is 21.6. The lowest BCUT2D eigenvalue weighted by molar-refractivity contribution is -0.141. The molecule has 0 unspecified atom stereocenters. The molecule has 8 heteroatoms. The molecule has 2 aliphatic rings. The Labute approximate surface area is 172 Å². The van der Waals surface area contributed by atoms with Crippen molar-refractivity contribution in [2.75, 3.05) is 33.2 Å². The lowest BCUT2D eigenvalue weighted by atomic mass is 9.99. The average Bonchev–Trinajstić information content (AvgIpc) is 3.40. The van der Waals surface area contributed by atoms with Crippen LogP contribution < -0.4 is 5.32 Å². The van der Waals surface area contributed by atoms with E-state index in [1.165, 1.54) is 0 Å². The molecule has 1 saturated heterocycles. The molecule has 0 spiro atoms. The van der Waals surface area contributed by atoms with Crippen LogP contribution >= 0.6 is 0 Å². The van der Waals surface area contributed by atoms with Crippen LogP contribution in [0.25, 0.3) is 0 Å². The molecular weight excluding hydrogens is 372 g/mol. The van der Waals surface area contributed by atoms with E-state index in [2.05, 4.69) is 5.32 Å². The predicted octanol–water partition coefficient (Wildman–Crippen LogP) is 0.551. The van der Waals surface area contributed by atoms with Crippen molar-refractivity contribution >= 4 is 24.1 Å². The average molecular weight is 405 g/mol. The normalized spacial score (nSPS) is 20.2. The monoisotopic (exact) mass is 404 g/mol. The van der Waals surface area contributed by atoms with Crippen molar-refractivity contribution in [2.45, 2.75) is 45.7 Å². The van der Waals surface area contributed by atoms with E-state index in [0.29, 0.717) is 38.0 Å². The molecule has 0 saturated carbocycles. The van der Waals surface area contributed by atoms with E-state index in [1.807, 2.05) is 26.0 Å². The molecule has 0 aromatic heterocycles. The van der Waals surface area contributed by atoms with Gasteiger partial charge in [-0.2, -0.15) is 0 Å². The van der Waals surface area contributed by atoms with E-state index in [4.69, 9.17) is 0 Å². The number of likely N-dealkylation sites (N-methyl/N-ethyl adjacent to an activating group) is 1. The van der Waals surface area contributed by atoms with Gasteiger partial charge in [0.05, 0.1) is 12.6 Å². The summed E-state index contributed by atoms with van der Waals surface area (Å²) in [6.45, 7) is 7.35. The van der Waals surface area contributed by atoms with Crippen LogP contribution in [-0.4, -0.2) is 84.1 Å². The quantitative estimate of drug-likeness (QED) is 0.363. The van der Waals surface area contributed by atoms with Crippen molar-refractivity contribution in [1.29, 1.82) is 0 Å². The molecule has 0 aliphatic carbocycles. The first kappa shape index (κ1) is 22.6. The minimum Gasteiger partial charge on any atom is -0.350 e. The molecule has 29 heavy (non-hydrogen) atoms. The van der Waals surface area contributed by atoms with Gasteiger partial charge in [-0.15, -0.1) is 0 Å². The maximum absolute atomic E-state index is 13.1. The molecule has 2 rings (SSSR count). The minimum absolute atomic E-state index is 0.00120. The van der Waals surface area contributed by atoms with Gasteiger partial charge in [0.15, 0.2) is 0 Å². The van der Waals surface area contributed by atoms with Gasteiger partial charge < -0.3 is 20.0 Å². The third-order valence-electron chi connectivity index (χ3n) is 5.55. The molecule has 0 radical (unpaired) electrons. The number of carbonyl (C=O) groups is 4. The number of hydrogen-bond donors (Lipinski definition) is 1. The van der Waals surface area contributed by atoms with Gasteiger partial charge in [-0.1, -0.05) is 32.1 Å². The molecule has 4 amide bonds. The summed E-state index contributed by atoms with van der Waals surface area (Å²) in [5.74, 6) is -0.315. The predicted molar refractivity (Wildman–Crippen MR) is 110 cm³/mol. The number of rotatable bonds is 8. The highest BCUT2D eigenvalue weighted by Crippen LogP contribution is 2.23. The Morgan fingerprint density at radius 1 is 1.24 bits per heavy atom. The summed E-state index contributed by atoms with van der Waals surface area (Å²) >= 11 is 0. The van der Waals surface area contributed by atoms with Crippen molar-refractivity contribution in [3.05, 3.63) is 23.8 Å². The largest absolute Gasteiger partial charge is 0.350 e. The summed E-state index contributed by atoms with van der Waals surface area (Å²) in [4.78, 5) is 53.6. The van der Waals surface area contributed by atoms with Crippen molar-refractivity contribution in [3.63, 3.8) is 0 Å². The van der Waals surface area contributed by atoms with Crippen LogP contribution in [-0.2, 0) is 19.2 Å². The fourth-order valence-electron chi connectivity index (χ4n) is 3.86. The van der Waals surface area contributed by atoms with Crippen molar-refractivity contribution in [2.24, 2.45) is 5.92 Å². The number of likely N-dealkylation sites (tertiary alicyclic amines) is 1. The molecule has 1 fully saturated rings. The lowest BCUT2D eigenvalue weighted by Crippen LogP contribution is -2.48. The van der Waals surface area contributed by atoms with Gasteiger partial charge in [0.1, 0.15) is 6.04 Å². The molecular formula is C21H32N4O4. The van der Waals surface area contributed by atoms with Crippen LogP contribution in [0.1, 0.15) is 33.6 Å². The summed E-state index contributed by atoms with van der Waals surface area (Å²) in [5, 5.41) is 2.37. The van der Waals surface area contributed by atoms with E-state index >= 15 is 0 Å². The van der Waals surface area contributed by atoms with Gasteiger partial charge in [-0.05, 0) is 25.7 Å².